The second kappa shape index (κ2) is 6.87. The molecule has 0 aromatic heterocycles. The summed E-state index contributed by atoms with van der Waals surface area (Å²) in [5.74, 6) is -0.966. The molecule has 1 saturated heterocycles. The van der Waals surface area contributed by atoms with Crippen LogP contribution in [0.2, 0.25) is 0 Å². The van der Waals surface area contributed by atoms with Crippen LogP contribution in [0.25, 0.3) is 0 Å². The predicted molar refractivity (Wildman–Crippen MR) is 72.3 cm³/mol. The van der Waals surface area contributed by atoms with Gasteiger partial charge in [-0.05, 0) is 37.1 Å². The maximum atomic E-state index is 13.1. The van der Waals surface area contributed by atoms with Gasteiger partial charge in [0.25, 0.3) is 0 Å². The minimum atomic E-state index is -0.478. The molecule has 1 atom stereocenters. The fraction of sp³-hybridized carbons (Fsp3) is 0.429. The molecule has 1 aliphatic rings. The Kier molecular flexibility index (Phi) is 5.48. The van der Waals surface area contributed by atoms with Crippen molar-refractivity contribution in [2.45, 2.75) is 39.7 Å². The SMILES string of the molecule is CC.Cc1cc(F)cc(NC2CCC(=O)NC2=O)c1. The average molecular weight is 266 g/mol. The lowest BCUT2D eigenvalue weighted by Gasteiger charge is -2.22. The Balaban J connectivity index is 0.000000861. The molecule has 0 bridgehead atoms. The molecule has 5 heteroatoms. The van der Waals surface area contributed by atoms with Gasteiger partial charge in [-0.3, -0.25) is 14.9 Å². The van der Waals surface area contributed by atoms with Crippen molar-refractivity contribution in [3.8, 4) is 0 Å². The lowest BCUT2D eigenvalue weighted by Crippen LogP contribution is -2.47. The fourth-order valence-electron chi connectivity index (χ4n) is 1.85. The molecule has 0 radical (unpaired) electrons. The van der Waals surface area contributed by atoms with E-state index in [4.69, 9.17) is 0 Å². The van der Waals surface area contributed by atoms with Crippen molar-refractivity contribution < 1.29 is 14.0 Å². The van der Waals surface area contributed by atoms with E-state index >= 15 is 0 Å². The second-order valence-corrected chi connectivity index (χ2v) is 4.17. The van der Waals surface area contributed by atoms with Gasteiger partial charge in [-0.1, -0.05) is 13.8 Å². The molecule has 4 nitrogen and oxygen atoms in total. The Morgan fingerprint density at radius 2 is 1.95 bits per heavy atom. The molecule has 104 valence electrons. The quantitative estimate of drug-likeness (QED) is 0.808. The molecule has 1 aromatic rings. The first-order valence-corrected chi connectivity index (χ1v) is 6.42. The van der Waals surface area contributed by atoms with Crippen LogP contribution in [-0.4, -0.2) is 17.9 Å². The number of carbonyl (C=O) groups is 2. The van der Waals surface area contributed by atoms with Gasteiger partial charge in [0.1, 0.15) is 11.9 Å². The zero-order valence-corrected chi connectivity index (χ0v) is 11.4. The monoisotopic (exact) mass is 266 g/mol. The minimum Gasteiger partial charge on any atom is -0.374 e. The van der Waals surface area contributed by atoms with Crippen LogP contribution < -0.4 is 10.6 Å². The number of anilines is 1. The lowest BCUT2D eigenvalue weighted by molar-refractivity contribution is -0.133. The number of hydrogen-bond donors (Lipinski definition) is 2. The van der Waals surface area contributed by atoms with E-state index in [9.17, 15) is 14.0 Å². The minimum absolute atomic E-state index is 0.261. The van der Waals surface area contributed by atoms with E-state index in [2.05, 4.69) is 10.6 Å². The zero-order valence-electron chi connectivity index (χ0n) is 11.4. The fourth-order valence-corrected chi connectivity index (χ4v) is 1.85. The maximum Gasteiger partial charge on any atom is 0.249 e. The third kappa shape index (κ3) is 4.35. The highest BCUT2D eigenvalue weighted by atomic mass is 19.1. The van der Waals surface area contributed by atoms with Crippen molar-refractivity contribution in [3.63, 3.8) is 0 Å². The Labute approximate surface area is 112 Å². The first-order chi connectivity index (χ1) is 9.04. The summed E-state index contributed by atoms with van der Waals surface area (Å²) in [4.78, 5) is 22.5. The van der Waals surface area contributed by atoms with E-state index in [0.29, 0.717) is 18.5 Å². The van der Waals surface area contributed by atoms with Gasteiger partial charge in [0.15, 0.2) is 0 Å². The largest absolute Gasteiger partial charge is 0.374 e. The van der Waals surface area contributed by atoms with Crippen molar-refractivity contribution in [2.75, 3.05) is 5.32 Å². The molecule has 1 heterocycles. The van der Waals surface area contributed by atoms with Gasteiger partial charge in [-0.2, -0.15) is 0 Å². The van der Waals surface area contributed by atoms with Crippen LogP contribution in [0.15, 0.2) is 18.2 Å². The Morgan fingerprint density at radius 1 is 1.26 bits per heavy atom. The number of aryl methyl sites for hydroxylation is 1. The highest BCUT2D eigenvalue weighted by Gasteiger charge is 2.26. The summed E-state index contributed by atoms with van der Waals surface area (Å²) in [7, 11) is 0. The number of benzene rings is 1. The number of imide groups is 1. The number of rotatable bonds is 2. The van der Waals surface area contributed by atoms with E-state index < -0.39 is 6.04 Å². The molecule has 2 amide bonds. The van der Waals surface area contributed by atoms with Crippen molar-refractivity contribution in [3.05, 3.63) is 29.6 Å². The second-order valence-electron chi connectivity index (χ2n) is 4.17. The number of hydrogen-bond acceptors (Lipinski definition) is 3. The van der Waals surface area contributed by atoms with Gasteiger partial charge in [0, 0.05) is 12.1 Å². The van der Waals surface area contributed by atoms with Crippen LogP contribution in [0.4, 0.5) is 10.1 Å². The summed E-state index contributed by atoms with van der Waals surface area (Å²) >= 11 is 0. The van der Waals surface area contributed by atoms with Crippen LogP contribution >= 0.6 is 0 Å². The summed E-state index contributed by atoms with van der Waals surface area (Å²) in [6.45, 7) is 5.78. The number of nitrogens with one attached hydrogen (secondary N) is 2. The van der Waals surface area contributed by atoms with Crippen LogP contribution in [0.1, 0.15) is 32.3 Å². The van der Waals surface area contributed by atoms with Gasteiger partial charge in [0.05, 0.1) is 0 Å². The molecule has 19 heavy (non-hydrogen) atoms. The third-order valence-corrected chi connectivity index (χ3v) is 2.62. The topological polar surface area (TPSA) is 58.2 Å². The molecule has 1 aliphatic heterocycles. The lowest BCUT2D eigenvalue weighted by atomic mass is 10.1. The first kappa shape index (κ1) is 15.1. The standard InChI is InChI=1S/C12H13FN2O2.C2H6/c1-7-4-8(13)6-9(5-7)14-10-2-3-11(16)15-12(10)17;1-2/h4-6,10,14H,2-3H2,1H3,(H,15,16,17);1-2H3. The van der Waals surface area contributed by atoms with E-state index in [0.717, 1.165) is 5.56 Å². The molecule has 1 fully saturated rings. The number of piperidine rings is 1. The molecule has 0 spiro atoms. The van der Waals surface area contributed by atoms with Crippen molar-refractivity contribution in [2.24, 2.45) is 0 Å². The summed E-state index contributed by atoms with van der Waals surface area (Å²) < 4.78 is 13.1. The van der Waals surface area contributed by atoms with Crippen molar-refractivity contribution in [1.29, 1.82) is 0 Å². The average Bonchev–Trinajstić information content (AvgIpc) is 2.34. The van der Waals surface area contributed by atoms with Crippen molar-refractivity contribution in [1.82, 2.24) is 5.32 Å². The summed E-state index contributed by atoms with van der Waals surface area (Å²) in [5.41, 5.74) is 1.33. The highest BCUT2D eigenvalue weighted by molar-refractivity contribution is 6.01. The van der Waals surface area contributed by atoms with Gasteiger partial charge < -0.3 is 5.32 Å². The smallest absolute Gasteiger partial charge is 0.249 e. The van der Waals surface area contributed by atoms with Crippen molar-refractivity contribution >= 4 is 17.5 Å². The summed E-state index contributed by atoms with van der Waals surface area (Å²) in [6.07, 6.45) is 0.734. The molecule has 2 N–H and O–H groups in total. The highest BCUT2D eigenvalue weighted by Crippen LogP contribution is 2.17. The van der Waals surface area contributed by atoms with Gasteiger partial charge in [0.2, 0.25) is 11.8 Å². The maximum absolute atomic E-state index is 13.1. The molecular weight excluding hydrogens is 247 g/mol. The molecule has 1 unspecified atom stereocenters. The van der Waals surface area contributed by atoms with Crippen LogP contribution in [0.3, 0.4) is 0 Å². The molecule has 2 rings (SSSR count). The van der Waals surface area contributed by atoms with Gasteiger partial charge in [-0.15, -0.1) is 0 Å². The number of amides is 2. The normalized spacial score (nSPS) is 18.2. The van der Waals surface area contributed by atoms with E-state index in [1.807, 2.05) is 13.8 Å². The molecular formula is C14H19FN2O2. The predicted octanol–water partition coefficient (Wildman–Crippen LogP) is 2.38. The van der Waals surface area contributed by atoms with Crippen LogP contribution in [0, 0.1) is 12.7 Å². The number of halogens is 1. The zero-order chi connectivity index (χ0) is 14.4. The molecule has 1 aromatic carbocycles. The first-order valence-electron chi connectivity index (χ1n) is 6.42. The number of carbonyl (C=O) groups excluding carboxylic acids is 2. The van der Waals surface area contributed by atoms with E-state index in [-0.39, 0.29) is 17.6 Å². The van der Waals surface area contributed by atoms with Crippen LogP contribution in [0.5, 0.6) is 0 Å². The Bertz CT molecular complexity index is 454. The Hall–Kier alpha value is -1.91. The van der Waals surface area contributed by atoms with Gasteiger partial charge in [-0.25, -0.2) is 4.39 Å². The molecule has 0 saturated carbocycles. The molecule has 0 aliphatic carbocycles. The Morgan fingerprint density at radius 3 is 2.53 bits per heavy atom. The van der Waals surface area contributed by atoms with E-state index in [1.54, 1.807) is 13.0 Å². The third-order valence-electron chi connectivity index (χ3n) is 2.62. The van der Waals surface area contributed by atoms with Crippen LogP contribution in [-0.2, 0) is 9.59 Å². The van der Waals surface area contributed by atoms with E-state index in [1.165, 1.54) is 12.1 Å². The summed E-state index contributed by atoms with van der Waals surface area (Å²) in [5, 5.41) is 5.17. The van der Waals surface area contributed by atoms with Gasteiger partial charge >= 0.3 is 0 Å². The summed E-state index contributed by atoms with van der Waals surface area (Å²) in [6, 6.07) is 4.02.